The van der Waals surface area contributed by atoms with Gasteiger partial charge in [-0.15, -0.1) is 0 Å². The van der Waals surface area contributed by atoms with Crippen LogP contribution in [-0.4, -0.2) is 33.1 Å². The summed E-state index contributed by atoms with van der Waals surface area (Å²) in [4.78, 5) is 27.4. The molecular formula is C18H21N3O4. The second-order valence-electron chi connectivity index (χ2n) is 5.73. The third-order valence-electron chi connectivity index (χ3n) is 3.81. The lowest BCUT2D eigenvalue weighted by atomic mass is 10.1. The number of aromatic carboxylic acids is 1. The van der Waals surface area contributed by atoms with Crippen molar-refractivity contribution in [2.24, 2.45) is 0 Å². The third kappa shape index (κ3) is 5.02. The van der Waals surface area contributed by atoms with Crippen molar-refractivity contribution in [1.82, 2.24) is 15.6 Å². The van der Waals surface area contributed by atoms with Crippen LogP contribution >= 0.6 is 0 Å². The zero-order valence-corrected chi connectivity index (χ0v) is 14.1. The Hall–Kier alpha value is -2.93. The van der Waals surface area contributed by atoms with Gasteiger partial charge in [0.1, 0.15) is 5.75 Å². The number of nitrogens with zero attached hydrogens (tertiary/aromatic N) is 1. The number of benzene rings is 1. The fourth-order valence-electron chi connectivity index (χ4n) is 2.35. The predicted octanol–water partition coefficient (Wildman–Crippen LogP) is 1.84. The second kappa shape index (κ2) is 8.25. The van der Waals surface area contributed by atoms with E-state index in [4.69, 9.17) is 5.11 Å². The lowest BCUT2D eigenvalue weighted by molar-refractivity contribution is -0.123. The number of nitrogens with one attached hydrogen (secondary N) is 2. The van der Waals surface area contributed by atoms with E-state index in [9.17, 15) is 14.7 Å². The summed E-state index contributed by atoms with van der Waals surface area (Å²) in [7, 11) is 0. The molecule has 1 unspecified atom stereocenters. The minimum Gasteiger partial charge on any atom is -0.508 e. The molecule has 0 aliphatic rings. The van der Waals surface area contributed by atoms with Gasteiger partial charge in [0.05, 0.1) is 17.3 Å². The molecule has 0 fully saturated rings. The molecule has 7 nitrogen and oxygen atoms in total. The molecular weight excluding hydrogens is 322 g/mol. The number of hydrogen-bond donors (Lipinski definition) is 4. The highest BCUT2D eigenvalue weighted by molar-refractivity contribution is 5.87. The molecule has 2 rings (SSSR count). The molecule has 0 bridgehead atoms. The van der Waals surface area contributed by atoms with E-state index in [2.05, 4.69) is 15.6 Å². The standard InChI is InChI=1S/C18H21N3O4/c1-11(15-9-13(18(24)25)7-8-19-15)21-12(2)17(23)20-10-14-5-3-4-6-16(14)22/h3-9,11-12,21-22H,10H2,1-2H3,(H,20,23)(H,24,25)/t11?,12-/m0/s1. The maximum Gasteiger partial charge on any atom is 0.335 e. The van der Waals surface area contributed by atoms with E-state index < -0.39 is 12.0 Å². The van der Waals surface area contributed by atoms with Gasteiger partial charge < -0.3 is 15.5 Å². The fourth-order valence-corrected chi connectivity index (χ4v) is 2.35. The molecule has 132 valence electrons. The molecule has 7 heteroatoms. The Bertz CT molecular complexity index is 763. The Morgan fingerprint density at radius 1 is 1.20 bits per heavy atom. The van der Waals surface area contributed by atoms with Crippen molar-refractivity contribution >= 4 is 11.9 Å². The number of aromatic hydroxyl groups is 1. The number of para-hydroxylation sites is 1. The number of hydrogen-bond acceptors (Lipinski definition) is 5. The average molecular weight is 343 g/mol. The minimum absolute atomic E-state index is 0.131. The first kappa shape index (κ1) is 18.4. The average Bonchev–Trinajstić information content (AvgIpc) is 2.60. The summed E-state index contributed by atoms with van der Waals surface area (Å²) in [6, 6.07) is 8.87. The van der Waals surface area contributed by atoms with E-state index in [-0.39, 0.29) is 29.8 Å². The third-order valence-corrected chi connectivity index (χ3v) is 3.81. The van der Waals surface area contributed by atoms with Crippen LogP contribution in [0.3, 0.4) is 0 Å². The van der Waals surface area contributed by atoms with Crippen LogP contribution < -0.4 is 10.6 Å². The first-order valence-electron chi connectivity index (χ1n) is 7.88. The predicted molar refractivity (Wildman–Crippen MR) is 92.2 cm³/mol. The maximum atomic E-state index is 12.2. The Balaban J connectivity index is 1.93. The van der Waals surface area contributed by atoms with E-state index in [1.165, 1.54) is 18.3 Å². The van der Waals surface area contributed by atoms with Gasteiger partial charge in [0, 0.05) is 24.3 Å². The van der Waals surface area contributed by atoms with Gasteiger partial charge in [-0.3, -0.25) is 15.1 Å². The van der Waals surface area contributed by atoms with Gasteiger partial charge in [0.15, 0.2) is 0 Å². The van der Waals surface area contributed by atoms with Crippen LogP contribution in [0.5, 0.6) is 5.75 Å². The van der Waals surface area contributed by atoms with Crippen LogP contribution in [0, 0.1) is 0 Å². The van der Waals surface area contributed by atoms with E-state index in [1.807, 2.05) is 0 Å². The van der Waals surface area contributed by atoms with Crippen LogP contribution in [0.1, 0.15) is 41.5 Å². The monoisotopic (exact) mass is 343 g/mol. The van der Waals surface area contributed by atoms with Crippen LogP contribution in [0.2, 0.25) is 0 Å². The van der Waals surface area contributed by atoms with Gasteiger partial charge in [-0.05, 0) is 32.0 Å². The molecule has 1 heterocycles. The van der Waals surface area contributed by atoms with Gasteiger partial charge in [-0.1, -0.05) is 18.2 Å². The topological polar surface area (TPSA) is 112 Å². The van der Waals surface area contributed by atoms with Crippen LogP contribution in [0.25, 0.3) is 0 Å². The van der Waals surface area contributed by atoms with Crippen LogP contribution in [-0.2, 0) is 11.3 Å². The van der Waals surface area contributed by atoms with Gasteiger partial charge in [-0.2, -0.15) is 0 Å². The number of carbonyl (C=O) groups is 2. The molecule has 2 atom stereocenters. The Morgan fingerprint density at radius 3 is 2.60 bits per heavy atom. The normalized spacial score (nSPS) is 13.0. The summed E-state index contributed by atoms with van der Waals surface area (Å²) >= 11 is 0. The molecule has 2 aromatic rings. The summed E-state index contributed by atoms with van der Waals surface area (Å²) in [6.07, 6.45) is 1.43. The lowest BCUT2D eigenvalue weighted by Crippen LogP contribution is -2.43. The molecule has 4 N–H and O–H groups in total. The van der Waals surface area contributed by atoms with Gasteiger partial charge in [0.25, 0.3) is 0 Å². The lowest BCUT2D eigenvalue weighted by Gasteiger charge is -2.19. The smallest absolute Gasteiger partial charge is 0.335 e. The SMILES string of the molecule is CC(N[C@@H](C)C(=O)NCc1ccccc1O)c1cc(C(=O)O)ccn1. The molecule has 1 aromatic heterocycles. The van der Waals surface area contributed by atoms with Crippen LogP contribution in [0.15, 0.2) is 42.6 Å². The van der Waals surface area contributed by atoms with Crippen molar-refractivity contribution in [3.63, 3.8) is 0 Å². The number of phenols is 1. The summed E-state index contributed by atoms with van der Waals surface area (Å²) in [6.45, 7) is 3.73. The highest BCUT2D eigenvalue weighted by Crippen LogP contribution is 2.15. The number of phenolic OH excluding ortho intramolecular Hbond substituents is 1. The number of carboxylic acids is 1. The fraction of sp³-hybridized carbons (Fsp3) is 0.278. The molecule has 0 aliphatic carbocycles. The maximum absolute atomic E-state index is 12.2. The number of aromatic nitrogens is 1. The highest BCUT2D eigenvalue weighted by atomic mass is 16.4. The molecule has 0 radical (unpaired) electrons. The second-order valence-corrected chi connectivity index (χ2v) is 5.73. The van der Waals surface area contributed by atoms with Crippen LogP contribution in [0.4, 0.5) is 0 Å². The Labute approximate surface area is 145 Å². The van der Waals surface area contributed by atoms with E-state index in [0.29, 0.717) is 11.3 Å². The summed E-state index contributed by atoms with van der Waals surface area (Å²) < 4.78 is 0. The molecule has 0 aliphatic heterocycles. The number of carboxylic acid groups (broad SMARTS) is 1. The zero-order chi connectivity index (χ0) is 18.4. The minimum atomic E-state index is -1.02. The number of rotatable bonds is 7. The number of carbonyl (C=O) groups excluding carboxylic acids is 1. The van der Waals surface area contributed by atoms with Crippen molar-refractivity contribution in [3.05, 3.63) is 59.4 Å². The zero-order valence-electron chi connectivity index (χ0n) is 14.1. The van der Waals surface area contributed by atoms with Gasteiger partial charge >= 0.3 is 5.97 Å². The van der Waals surface area contributed by atoms with Gasteiger partial charge in [-0.25, -0.2) is 4.79 Å². The number of pyridine rings is 1. The van der Waals surface area contributed by atoms with Crippen molar-refractivity contribution in [2.75, 3.05) is 0 Å². The summed E-state index contributed by atoms with van der Waals surface area (Å²) in [5.74, 6) is -1.12. The molecule has 25 heavy (non-hydrogen) atoms. The van der Waals surface area contributed by atoms with Crippen molar-refractivity contribution < 1.29 is 19.8 Å². The molecule has 1 amide bonds. The first-order chi connectivity index (χ1) is 11.9. The summed E-state index contributed by atoms with van der Waals surface area (Å²) in [5.41, 5.74) is 1.32. The first-order valence-corrected chi connectivity index (χ1v) is 7.88. The van der Waals surface area contributed by atoms with Gasteiger partial charge in [0.2, 0.25) is 5.91 Å². The van der Waals surface area contributed by atoms with E-state index in [1.54, 1.807) is 38.1 Å². The number of amides is 1. The van der Waals surface area contributed by atoms with E-state index >= 15 is 0 Å². The Morgan fingerprint density at radius 2 is 1.92 bits per heavy atom. The van der Waals surface area contributed by atoms with E-state index in [0.717, 1.165) is 0 Å². The highest BCUT2D eigenvalue weighted by Gasteiger charge is 2.18. The Kier molecular flexibility index (Phi) is 6.08. The van der Waals surface area contributed by atoms with Crippen molar-refractivity contribution in [1.29, 1.82) is 0 Å². The largest absolute Gasteiger partial charge is 0.508 e. The molecule has 0 saturated carbocycles. The van der Waals surface area contributed by atoms with Crippen molar-refractivity contribution in [2.45, 2.75) is 32.5 Å². The van der Waals surface area contributed by atoms with Crippen molar-refractivity contribution in [3.8, 4) is 5.75 Å². The summed E-state index contributed by atoms with van der Waals surface area (Å²) in [5, 5.41) is 24.6. The molecule has 0 spiro atoms. The molecule has 1 aromatic carbocycles. The molecule has 0 saturated heterocycles. The quantitative estimate of drug-likeness (QED) is 0.610.